The van der Waals surface area contributed by atoms with Crippen molar-refractivity contribution in [3.63, 3.8) is 0 Å². The fraction of sp³-hybridized carbons (Fsp3) is 0.417. The average molecular weight is 324 g/mol. The van der Waals surface area contributed by atoms with Crippen LogP contribution in [0, 0.1) is 0 Å². The van der Waals surface area contributed by atoms with Crippen LogP contribution in [0.3, 0.4) is 0 Å². The zero-order valence-corrected chi connectivity index (χ0v) is 12.0. The number of carbonyl (C=O) groups is 1. The normalized spacial score (nSPS) is 12.2. The second-order valence-electron chi connectivity index (χ2n) is 4.21. The molecule has 5 nitrogen and oxygen atoms in total. The van der Waals surface area contributed by atoms with Crippen LogP contribution in [0.2, 0.25) is 0 Å². The minimum atomic E-state index is -4.35. The first-order chi connectivity index (χ1) is 9.64. The molecule has 0 bridgehead atoms. The smallest absolute Gasteiger partial charge is 0.355 e. The van der Waals surface area contributed by atoms with Crippen LogP contribution in [0.4, 0.5) is 13.2 Å². The molecule has 0 atom stereocenters. The van der Waals surface area contributed by atoms with E-state index < -0.39 is 35.1 Å². The Balaban J connectivity index is 2.74. The van der Waals surface area contributed by atoms with Crippen LogP contribution in [-0.4, -0.2) is 33.6 Å². The molecule has 118 valence electrons. The third kappa shape index (κ3) is 6.13. The van der Waals surface area contributed by atoms with Crippen molar-refractivity contribution in [2.45, 2.75) is 24.4 Å². The summed E-state index contributed by atoms with van der Waals surface area (Å²) in [6.07, 6.45) is -5.48. The Labute approximate surface area is 120 Å². The molecule has 1 aromatic rings. The summed E-state index contributed by atoms with van der Waals surface area (Å²) in [5, 5.41) is 2.41. The number of nitrogens with one attached hydrogen (secondary N) is 2. The predicted molar refractivity (Wildman–Crippen MR) is 70.1 cm³/mol. The van der Waals surface area contributed by atoms with Crippen molar-refractivity contribution in [1.82, 2.24) is 10.0 Å². The lowest BCUT2D eigenvalue weighted by Gasteiger charge is -2.09. The fourth-order valence-corrected chi connectivity index (χ4v) is 2.50. The molecular formula is C12H15F3N2O3S. The Morgan fingerprint density at radius 1 is 1.19 bits per heavy atom. The number of benzene rings is 1. The van der Waals surface area contributed by atoms with Crippen LogP contribution in [0.5, 0.6) is 0 Å². The Morgan fingerprint density at radius 3 is 2.24 bits per heavy atom. The van der Waals surface area contributed by atoms with Gasteiger partial charge in [-0.1, -0.05) is 12.1 Å². The number of amides is 1. The van der Waals surface area contributed by atoms with Gasteiger partial charge in [0.2, 0.25) is 15.9 Å². The largest absolute Gasteiger partial charge is 0.393 e. The number of carbonyl (C=O) groups excluding carboxylic acids is 1. The summed E-state index contributed by atoms with van der Waals surface area (Å²) in [6.45, 7) is 1.62. The summed E-state index contributed by atoms with van der Waals surface area (Å²) in [6, 6.07) is 4.32. The van der Waals surface area contributed by atoms with Crippen LogP contribution in [0.25, 0.3) is 0 Å². The van der Waals surface area contributed by atoms with Gasteiger partial charge in [0.25, 0.3) is 0 Å². The highest BCUT2D eigenvalue weighted by atomic mass is 32.2. The molecule has 0 spiro atoms. The number of likely N-dealkylation sites (N-methyl/N-ethyl adjacent to an activating group) is 1. The van der Waals surface area contributed by atoms with Crippen LogP contribution in [-0.2, 0) is 21.2 Å². The summed E-state index contributed by atoms with van der Waals surface area (Å²) in [5.74, 6) is -0.491. The van der Waals surface area contributed by atoms with Crippen LogP contribution in [0.1, 0.15) is 12.5 Å². The minimum Gasteiger partial charge on any atom is -0.355 e. The van der Waals surface area contributed by atoms with Crippen LogP contribution < -0.4 is 10.0 Å². The van der Waals surface area contributed by atoms with Gasteiger partial charge in [-0.3, -0.25) is 4.79 Å². The molecule has 0 radical (unpaired) electrons. The van der Waals surface area contributed by atoms with Gasteiger partial charge in [0.15, 0.2) is 0 Å². The van der Waals surface area contributed by atoms with E-state index in [1.54, 1.807) is 6.92 Å². The van der Waals surface area contributed by atoms with Gasteiger partial charge < -0.3 is 5.32 Å². The molecule has 0 unspecified atom stereocenters. The lowest BCUT2D eigenvalue weighted by molar-refractivity contribution is -0.127. The van der Waals surface area contributed by atoms with Crippen molar-refractivity contribution in [2.75, 3.05) is 13.1 Å². The number of sulfonamides is 1. The van der Waals surface area contributed by atoms with Gasteiger partial charge in [-0.25, -0.2) is 13.1 Å². The minimum absolute atomic E-state index is 0.0369. The number of hydrogen-bond acceptors (Lipinski definition) is 3. The molecule has 0 fully saturated rings. The van der Waals surface area contributed by atoms with Gasteiger partial charge in [0, 0.05) is 6.54 Å². The second kappa shape index (κ2) is 6.90. The third-order valence-electron chi connectivity index (χ3n) is 2.43. The van der Waals surface area contributed by atoms with Gasteiger partial charge in [-0.2, -0.15) is 13.2 Å². The highest BCUT2D eigenvalue weighted by Gasteiger charge is 2.27. The summed E-state index contributed by atoms with van der Waals surface area (Å²) in [5.41, 5.74) is -0.0369. The third-order valence-corrected chi connectivity index (χ3v) is 3.85. The van der Waals surface area contributed by atoms with E-state index in [9.17, 15) is 26.4 Å². The molecule has 9 heteroatoms. The van der Waals surface area contributed by atoms with E-state index in [0.717, 1.165) is 24.3 Å². The van der Waals surface area contributed by atoms with E-state index in [-0.39, 0.29) is 10.5 Å². The Hall–Kier alpha value is -1.61. The quantitative estimate of drug-likeness (QED) is 0.826. The molecule has 21 heavy (non-hydrogen) atoms. The highest BCUT2D eigenvalue weighted by molar-refractivity contribution is 7.89. The first kappa shape index (κ1) is 17.4. The lowest BCUT2D eigenvalue weighted by atomic mass is 10.1. The molecule has 1 amide bonds. The Morgan fingerprint density at radius 2 is 1.76 bits per heavy atom. The summed E-state index contributed by atoms with van der Waals surface area (Å²) in [4.78, 5) is 11.0. The van der Waals surface area contributed by atoms with E-state index in [1.165, 1.54) is 0 Å². The topological polar surface area (TPSA) is 75.3 Å². The van der Waals surface area contributed by atoms with Gasteiger partial charge in [0.05, 0.1) is 17.9 Å². The molecule has 0 saturated heterocycles. The first-order valence-corrected chi connectivity index (χ1v) is 7.54. The van der Waals surface area contributed by atoms with Crippen molar-refractivity contribution < 1.29 is 26.4 Å². The van der Waals surface area contributed by atoms with E-state index >= 15 is 0 Å². The maximum Gasteiger partial charge on any atom is 0.393 e. The van der Waals surface area contributed by atoms with Gasteiger partial charge in [0.1, 0.15) is 0 Å². The Bertz CT molecular complexity index is 583. The molecule has 0 heterocycles. The summed E-state index contributed by atoms with van der Waals surface area (Å²) < 4.78 is 62.3. The number of rotatable bonds is 6. The molecule has 2 N–H and O–H groups in total. The van der Waals surface area contributed by atoms with Gasteiger partial charge in [-0.05, 0) is 24.6 Å². The molecule has 0 aliphatic rings. The number of hydrogen-bond donors (Lipinski definition) is 2. The van der Waals surface area contributed by atoms with Gasteiger partial charge >= 0.3 is 6.18 Å². The van der Waals surface area contributed by atoms with Crippen LogP contribution >= 0.6 is 0 Å². The maximum absolute atomic E-state index is 12.2. The summed E-state index contributed by atoms with van der Waals surface area (Å²) in [7, 11) is -3.93. The SMILES string of the molecule is CCNC(=O)CNS(=O)(=O)c1ccc(CC(F)(F)F)cc1. The molecule has 1 rings (SSSR count). The zero-order chi connectivity index (χ0) is 16.1. The molecule has 0 aromatic heterocycles. The van der Waals surface area contributed by atoms with Crippen molar-refractivity contribution in [3.05, 3.63) is 29.8 Å². The molecular weight excluding hydrogens is 309 g/mol. The van der Waals surface area contributed by atoms with E-state index in [4.69, 9.17) is 0 Å². The monoisotopic (exact) mass is 324 g/mol. The van der Waals surface area contributed by atoms with Gasteiger partial charge in [-0.15, -0.1) is 0 Å². The van der Waals surface area contributed by atoms with E-state index in [0.29, 0.717) is 6.54 Å². The lowest BCUT2D eigenvalue weighted by Crippen LogP contribution is -2.36. The Kier molecular flexibility index (Phi) is 5.73. The van der Waals surface area contributed by atoms with Crippen molar-refractivity contribution >= 4 is 15.9 Å². The molecule has 0 saturated carbocycles. The maximum atomic E-state index is 12.2. The predicted octanol–water partition coefficient (Wildman–Crippen LogP) is 1.21. The van der Waals surface area contributed by atoms with Crippen LogP contribution in [0.15, 0.2) is 29.2 Å². The fourth-order valence-electron chi connectivity index (χ4n) is 1.52. The van der Waals surface area contributed by atoms with Crippen molar-refractivity contribution in [3.8, 4) is 0 Å². The second-order valence-corrected chi connectivity index (χ2v) is 5.98. The number of alkyl halides is 3. The molecule has 0 aliphatic heterocycles. The highest BCUT2D eigenvalue weighted by Crippen LogP contribution is 2.22. The summed E-state index contributed by atoms with van der Waals surface area (Å²) >= 11 is 0. The average Bonchev–Trinajstić information content (AvgIpc) is 2.36. The first-order valence-electron chi connectivity index (χ1n) is 6.06. The van der Waals surface area contributed by atoms with Crippen molar-refractivity contribution in [1.29, 1.82) is 0 Å². The van der Waals surface area contributed by atoms with E-state index in [1.807, 2.05) is 0 Å². The number of halogens is 3. The standard InChI is InChI=1S/C12H15F3N2O3S/c1-2-16-11(18)8-17-21(19,20)10-5-3-9(4-6-10)7-12(13,14)15/h3-6,17H,2,7-8H2,1H3,(H,16,18). The zero-order valence-electron chi connectivity index (χ0n) is 11.2. The van der Waals surface area contributed by atoms with E-state index in [2.05, 4.69) is 10.0 Å². The molecule has 0 aliphatic carbocycles. The van der Waals surface area contributed by atoms with Crippen molar-refractivity contribution in [2.24, 2.45) is 0 Å². The molecule has 1 aromatic carbocycles.